The van der Waals surface area contributed by atoms with Crippen molar-refractivity contribution in [1.29, 1.82) is 0 Å². The molecule has 2 aromatic carbocycles. The Morgan fingerprint density at radius 2 is 1.81 bits per heavy atom. The summed E-state index contributed by atoms with van der Waals surface area (Å²) in [5.74, 6) is -0.148. The van der Waals surface area contributed by atoms with Crippen molar-refractivity contribution in [2.45, 2.75) is 25.9 Å². The fraction of sp³-hybridized carbons (Fsp3) is 0.211. The second kappa shape index (κ2) is 8.55. The first-order valence-electron chi connectivity index (χ1n) is 8.39. The Hall–Kier alpha value is -3.06. The Kier molecular flexibility index (Phi) is 5.93. The minimum Gasteiger partial charge on any atom is -0.344 e. The Labute approximate surface area is 161 Å². The predicted octanol–water partition coefficient (Wildman–Crippen LogP) is 2.31. The van der Waals surface area contributed by atoms with E-state index in [9.17, 15) is 9.59 Å². The third kappa shape index (κ3) is 4.98. The lowest BCUT2D eigenvalue weighted by Gasteiger charge is -2.15. The van der Waals surface area contributed by atoms with Gasteiger partial charge in [-0.2, -0.15) is 4.80 Å². The average Bonchev–Trinajstić information content (AvgIpc) is 3.10. The molecule has 0 spiro atoms. The first-order valence-corrected chi connectivity index (χ1v) is 8.77. The highest BCUT2D eigenvalue weighted by Crippen LogP contribution is 2.23. The standard InChI is InChI=1S/C19H18ClN5O2/c1-13(26)17(11-14-7-3-2-4-8-14)21-18(27)12-25-23-19(22-24-25)15-9-5-6-10-16(15)20/h2-10,17H,11-12H2,1H3,(H,21,27)/t17-/m1/s1. The van der Waals surface area contributed by atoms with Gasteiger partial charge in [-0.3, -0.25) is 9.59 Å². The summed E-state index contributed by atoms with van der Waals surface area (Å²) < 4.78 is 0. The van der Waals surface area contributed by atoms with Crippen LogP contribution in [-0.2, 0) is 22.6 Å². The van der Waals surface area contributed by atoms with Gasteiger partial charge >= 0.3 is 0 Å². The number of hydrogen-bond donors (Lipinski definition) is 1. The lowest BCUT2D eigenvalue weighted by atomic mass is 10.0. The van der Waals surface area contributed by atoms with Crippen molar-refractivity contribution in [2.24, 2.45) is 0 Å². The van der Waals surface area contributed by atoms with Crippen LogP contribution in [0, 0.1) is 0 Å². The van der Waals surface area contributed by atoms with Gasteiger partial charge in [-0.05, 0) is 36.3 Å². The smallest absolute Gasteiger partial charge is 0.244 e. The first-order chi connectivity index (χ1) is 13.0. The van der Waals surface area contributed by atoms with Crippen LogP contribution in [0.5, 0.6) is 0 Å². The number of benzene rings is 2. The van der Waals surface area contributed by atoms with Crippen LogP contribution in [-0.4, -0.2) is 37.9 Å². The molecular weight excluding hydrogens is 366 g/mol. The zero-order chi connectivity index (χ0) is 19.2. The molecular formula is C19H18ClN5O2. The van der Waals surface area contributed by atoms with Crippen molar-refractivity contribution in [2.75, 3.05) is 0 Å². The number of hydrogen-bond acceptors (Lipinski definition) is 5. The molecule has 1 N–H and O–H groups in total. The molecule has 3 aromatic rings. The molecule has 0 saturated carbocycles. The number of nitrogens with one attached hydrogen (secondary N) is 1. The third-order valence-corrected chi connectivity index (χ3v) is 4.29. The Balaban J connectivity index is 1.64. The fourth-order valence-electron chi connectivity index (χ4n) is 2.58. The Morgan fingerprint density at radius 3 is 2.52 bits per heavy atom. The van der Waals surface area contributed by atoms with Crippen LogP contribution in [0.2, 0.25) is 5.02 Å². The Bertz CT molecular complexity index is 942. The maximum atomic E-state index is 12.3. The molecule has 0 unspecified atom stereocenters. The molecule has 1 aromatic heterocycles. The molecule has 0 aliphatic carbocycles. The monoisotopic (exact) mass is 383 g/mol. The molecule has 138 valence electrons. The van der Waals surface area contributed by atoms with Gasteiger partial charge in [-0.25, -0.2) is 0 Å². The second-order valence-electron chi connectivity index (χ2n) is 6.04. The molecule has 8 heteroatoms. The van der Waals surface area contributed by atoms with Crippen LogP contribution >= 0.6 is 11.6 Å². The number of Topliss-reactive ketones (excluding diaryl/α,β-unsaturated/α-hetero) is 1. The fourth-order valence-corrected chi connectivity index (χ4v) is 2.80. The summed E-state index contributed by atoms with van der Waals surface area (Å²) in [4.78, 5) is 25.4. The van der Waals surface area contributed by atoms with Crippen molar-refractivity contribution in [3.8, 4) is 11.4 Å². The first kappa shape index (κ1) is 18.7. The van der Waals surface area contributed by atoms with Gasteiger partial charge in [0.1, 0.15) is 6.54 Å². The van der Waals surface area contributed by atoms with Crippen LogP contribution in [0.4, 0.5) is 0 Å². The predicted molar refractivity (Wildman–Crippen MR) is 101 cm³/mol. The third-order valence-electron chi connectivity index (χ3n) is 3.96. The molecule has 3 rings (SSSR count). The van der Waals surface area contributed by atoms with Crippen LogP contribution < -0.4 is 5.32 Å². The summed E-state index contributed by atoms with van der Waals surface area (Å²) >= 11 is 6.12. The van der Waals surface area contributed by atoms with E-state index < -0.39 is 6.04 Å². The lowest BCUT2D eigenvalue weighted by Crippen LogP contribution is -2.43. The van der Waals surface area contributed by atoms with Gasteiger partial charge in [0.05, 0.1) is 11.1 Å². The topological polar surface area (TPSA) is 89.8 Å². The van der Waals surface area contributed by atoms with Crippen LogP contribution in [0.25, 0.3) is 11.4 Å². The number of aromatic nitrogens is 4. The molecule has 1 heterocycles. The van der Waals surface area contributed by atoms with Gasteiger partial charge in [0, 0.05) is 5.56 Å². The molecule has 0 aliphatic rings. The Morgan fingerprint density at radius 1 is 1.11 bits per heavy atom. The number of carbonyl (C=O) groups is 2. The summed E-state index contributed by atoms with van der Waals surface area (Å²) in [7, 11) is 0. The van der Waals surface area contributed by atoms with Crippen LogP contribution in [0.3, 0.4) is 0 Å². The number of halogens is 1. The van der Waals surface area contributed by atoms with E-state index in [-0.39, 0.29) is 18.2 Å². The minimum absolute atomic E-state index is 0.115. The number of nitrogens with zero attached hydrogens (tertiary/aromatic N) is 4. The largest absolute Gasteiger partial charge is 0.344 e. The molecule has 1 atom stereocenters. The highest BCUT2D eigenvalue weighted by molar-refractivity contribution is 6.33. The van der Waals surface area contributed by atoms with Gasteiger partial charge in [0.2, 0.25) is 11.7 Å². The van der Waals surface area contributed by atoms with Gasteiger partial charge in [0.15, 0.2) is 5.78 Å². The van der Waals surface area contributed by atoms with E-state index in [1.165, 1.54) is 11.7 Å². The number of tetrazole rings is 1. The summed E-state index contributed by atoms with van der Waals surface area (Å²) in [5.41, 5.74) is 1.61. The number of ketones is 1. The number of amides is 1. The summed E-state index contributed by atoms with van der Waals surface area (Å²) in [5, 5.41) is 15.2. The molecule has 0 radical (unpaired) electrons. The average molecular weight is 384 g/mol. The van der Waals surface area contributed by atoms with Crippen LogP contribution in [0.15, 0.2) is 54.6 Å². The molecule has 0 fully saturated rings. The van der Waals surface area contributed by atoms with E-state index in [2.05, 4.69) is 20.7 Å². The molecule has 7 nitrogen and oxygen atoms in total. The SMILES string of the molecule is CC(=O)[C@@H](Cc1ccccc1)NC(=O)Cn1nnc(-c2ccccc2Cl)n1. The highest BCUT2D eigenvalue weighted by Gasteiger charge is 2.19. The summed E-state index contributed by atoms with van der Waals surface area (Å²) in [6, 6.07) is 16.0. The van der Waals surface area contributed by atoms with Gasteiger partial charge in [-0.1, -0.05) is 54.1 Å². The highest BCUT2D eigenvalue weighted by atomic mass is 35.5. The minimum atomic E-state index is -0.605. The zero-order valence-corrected chi connectivity index (χ0v) is 15.4. The van der Waals surface area contributed by atoms with Crippen molar-refractivity contribution in [3.63, 3.8) is 0 Å². The van der Waals surface area contributed by atoms with E-state index in [1.54, 1.807) is 18.2 Å². The van der Waals surface area contributed by atoms with Gasteiger partial charge < -0.3 is 5.32 Å². The molecule has 0 saturated heterocycles. The van der Waals surface area contributed by atoms with Crippen molar-refractivity contribution in [3.05, 3.63) is 65.2 Å². The van der Waals surface area contributed by atoms with E-state index in [4.69, 9.17) is 11.6 Å². The quantitative estimate of drug-likeness (QED) is 0.676. The van der Waals surface area contributed by atoms with Gasteiger partial charge in [-0.15, -0.1) is 10.2 Å². The maximum absolute atomic E-state index is 12.3. The van der Waals surface area contributed by atoms with Crippen molar-refractivity contribution in [1.82, 2.24) is 25.5 Å². The zero-order valence-electron chi connectivity index (χ0n) is 14.7. The number of rotatable bonds is 7. The van der Waals surface area contributed by atoms with E-state index >= 15 is 0 Å². The van der Waals surface area contributed by atoms with E-state index in [0.29, 0.717) is 22.8 Å². The van der Waals surface area contributed by atoms with Crippen molar-refractivity contribution >= 4 is 23.3 Å². The maximum Gasteiger partial charge on any atom is 0.244 e. The van der Waals surface area contributed by atoms with E-state index in [0.717, 1.165) is 5.56 Å². The van der Waals surface area contributed by atoms with E-state index in [1.807, 2.05) is 36.4 Å². The normalized spacial score (nSPS) is 11.8. The molecule has 27 heavy (non-hydrogen) atoms. The molecule has 0 aliphatic heterocycles. The molecule has 1 amide bonds. The van der Waals surface area contributed by atoms with Gasteiger partial charge in [0.25, 0.3) is 0 Å². The number of carbonyl (C=O) groups excluding carboxylic acids is 2. The lowest BCUT2D eigenvalue weighted by molar-refractivity contribution is -0.127. The summed E-state index contributed by atoms with van der Waals surface area (Å²) in [6.45, 7) is 1.31. The second-order valence-corrected chi connectivity index (χ2v) is 6.45. The van der Waals surface area contributed by atoms with Crippen LogP contribution in [0.1, 0.15) is 12.5 Å². The summed E-state index contributed by atoms with van der Waals surface area (Å²) in [6.07, 6.45) is 0.428. The molecule has 0 bridgehead atoms. The van der Waals surface area contributed by atoms with Crippen molar-refractivity contribution < 1.29 is 9.59 Å².